The third-order valence-electron chi connectivity index (χ3n) is 3.73. The molecule has 0 N–H and O–H groups in total. The van der Waals surface area contributed by atoms with Gasteiger partial charge in [-0.25, -0.2) is 4.99 Å². The molecule has 0 bridgehead atoms. The van der Waals surface area contributed by atoms with Crippen molar-refractivity contribution in [3.05, 3.63) is 42.6 Å². The van der Waals surface area contributed by atoms with Gasteiger partial charge < -0.3 is 4.74 Å². The second-order valence-electron chi connectivity index (χ2n) is 5.88. The highest BCUT2D eigenvalue weighted by atomic mass is 79.9. The second-order valence-corrected chi connectivity index (χ2v) is 8.73. The van der Waals surface area contributed by atoms with Gasteiger partial charge in [-0.15, -0.1) is 11.3 Å². The third-order valence-corrected chi connectivity index (χ3v) is 5.97. The number of ether oxygens (including phenoxy) is 1. The van der Waals surface area contributed by atoms with Crippen LogP contribution in [0.4, 0.5) is 5.00 Å². The molecular formula is C18H16Br2N2OS. The van der Waals surface area contributed by atoms with Gasteiger partial charge in [0.15, 0.2) is 0 Å². The fourth-order valence-corrected chi connectivity index (χ4v) is 5.30. The van der Waals surface area contributed by atoms with Crippen LogP contribution in [0, 0.1) is 11.3 Å². The Morgan fingerprint density at radius 2 is 2.12 bits per heavy atom. The Bertz CT molecular complexity index is 850. The summed E-state index contributed by atoms with van der Waals surface area (Å²) in [5, 5.41) is 10.3. The van der Waals surface area contributed by atoms with Crippen LogP contribution >= 0.6 is 43.2 Å². The van der Waals surface area contributed by atoms with E-state index in [1.807, 2.05) is 26.0 Å². The number of halogens is 2. The quantitative estimate of drug-likeness (QED) is 0.504. The molecular weight excluding hydrogens is 452 g/mol. The van der Waals surface area contributed by atoms with E-state index in [4.69, 9.17) is 4.74 Å². The number of thiophene rings is 1. The van der Waals surface area contributed by atoms with Gasteiger partial charge in [-0.1, -0.05) is 15.9 Å². The molecule has 0 unspecified atom stereocenters. The van der Waals surface area contributed by atoms with Gasteiger partial charge in [-0.3, -0.25) is 0 Å². The Balaban J connectivity index is 2.00. The maximum absolute atomic E-state index is 9.47. The van der Waals surface area contributed by atoms with Crippen LogP contribution in [0.3, 0.4) is 0 Å². The molecule has 1 aliphatic rings. The van der Waals surface area contributed by atoms with Gasteiger partial charge in [-0.2, -0.15) is 5.26 Å². The zero-order chi connectivity index (χ0) is 17.3. The maximum Gasteiger partial charge on any atom is 0.142 e. The number of hydrogen-bond acceptors (Lipinski definition) is 4. The van der Waals surface area contributed by atoms with Crippen molar-refractivity contribution in [2.75, 3.05) is 0 Å². The summed E-state index contributed by atoms with van der Waals surface area (Å²) in [5.41, 5.74) is 2.82. The molecule has 6 heteroatoms. The minimum absolute atomic E-state index is 0.0647. The first-order valence-electron chi connectivity index (χ1n) is 7.74. The largest absolute Gasteiger partial charge is 0.489 e. The number of nitrogens with zero attached hydrogens (tertiary/aromatic N) is 2. The molecule has 3 rings (SSSR count). The van der Waals surface area contributed by atoms with E-state index < -0.39 is 0 Å². The smallest absolute Gasteiger partial charge is 0.142 e. The number of aryl methyl sites for hydroxylation is 1. The predicted molar refractivity (Wildman–Crippen MR) is 106 cm³/mol. The fourth-order valence-electron chi connectivity index (χ4n) is 2.76. The van der Waals surface area contributed by atoms with E-state index in [0.717, 1.165) is 50.1 Å². The van der Waals surface area contributed by atoms with E-state index >= 15 is 0 Å². The number of benzene rings is 1. The molecule has 2 aromatic rings. The van der Waals surface area contributed by atoms with E-state index in [1.165, 1.54) is 10.4 Å². The van der Waals surface area contributed by atoms with Gasteiger partial charge in [0.05, 0.1) is 16.1 Å². The highest BCUT2D eigenvalue weighted by Gasteiger charge is 2.21. The summed E-state index contributed by atoms with van der Waals surface area (Å²) in [6.45, 7) is 3.99. The fraction of sp³-hybridized carbons (Fsp3) is 0.333. The van der Waals surface area contributed by atoms with Gasteiger partial charge in [0.1, 0.15) is 16.8 Å². The molecule has 1 aromatic heterocycles. The van der Waals surface area contributed by atoms with Crippen LogP contribution in [0.15, 0.2) is 26.1 Å². The van der Waals surface area contributed by atoms with E-state index in [9.17, 15) is 5.26 Å². The van der Waals surface area contributed by atoms with Gasteiger partial charge >= 0.3 is 0 Å². The lowest BCUT2D eigenvalue weighted by atomic mass is 10.1. The zero-order valence-electron chi connectivity index (χ0n) is 13.4. The van der Waals surface area contributed by atoms with E-state index in [0.29, 0.717) is 0 Å². The molecule has 3 nitrogen and oxygen atoms in total. The molecule has 0 radical (unpaired) electrons. The Morgan fingerprint density at radius 3 is 2.83 bits per heavy atom. The van der Waals surface area contributed by atoms with Crippen molar-refractivity contribution in [3.63, 3.8) is 0 Å². The first-order chi connectivity index (χ1) is 11.5. The van der Waals surface area contributed by atoms with Gasteiger partial charge in [-0.05, 0) is 66.7 Å². The lowest BCUT2D eigenvalue weighted by Gasteiger charge is -2.14. The molecule has 1 heterocycles. The first kappa shape index (κ1) is 17.7. The lowest BCUT2D eigenvalue weighted by Crippen LogP contribution is -2.08. The van der Waals surface area contributed by atoms with Crippen molar-refractivity contribution in [3.8, 4) is 11.8 Å². The Hall–Kier alpha value is -1.16. The molecule has 1 aromatic carbocycles. The highest BCUT2D eigenvalue weighted by molar-refractivity contribution is 9.11. The third kappa shape index (κ3) is 3.58. The molecule has 124 valence electrons. The Kier molecular flexibility index (Phi) is 5.43. The maximum atomic E-state index is 9.47. The summed E-state index contributed by atoms with van der Waals surface area (Å²) in [7, 11) is 0. The predicted octanol–water partition coefficient (Wildman–Crippen LogP) is 6.17. The van der Waals surface area contributed by atoms with Crippen molar-refractivity contribution in [1.29, 1.82) is 5.26 Å². The molecule has 1 aliphatic carbocycles. The highest BCUT2D eigenvalue weighted by Crippen LogP contribution is 2.40. The van der Waals surface area contributed by atoms with E-state index in [1.54, 1.807) is 17.6 Å². The molecule has 0 spiro atoms. The minimum Gasteiger partial charge on any atom is -0.489 e. The van der Waals surface area contributed by atoms with Crippen LogP contribution in [0.2, 0.25) is 0 Å². The van der Waals surface area contributed by atoms with Crippen LogP contribution in [0.1, 0.15) is 41.8 Å². The number of aliphatic imine (C=N–C) groups is 1. The summed E-state index contributed by atoms with van der Waals surface area (Å²) in [5.74, 6) is 0.763. The molecule has 0 fully saturated rings. The zero-order valence-corrected chi connectivity index (χ0v) is 17.4. The van der Waals surface area contributed by atoms with Crippen molar-refractivity contribution in [2.45, 2.75) is 39.2 Å². The van der Waals surface area contributed by atoms with Crippen molar-refractivity contribution < 1.29 is 4.74 Å². The van der Waals surface area contributed by atoms with Crippen molar-refractivity contribution >= 4 is 54.4 Å². The van der Waals surface area contributed by atoms with Gasteiger partial charge in [0.2, 0.25) is 0 Å². The summed E-state index contributed by atoms with van der Waals surface area (Å²) in [4.78, 5) is 5.92. The number of fused-ring (bicyclic) bond motifs is 1. The Labute approximate surface area is 162 Å². The van der Waals surface area contributed by atoms with Crippen LogP contribution in [-0.2, 0) is 12.8 Å². The second kappa shape index (κ2) is 7.38. The number of nitriles is 1. The summed E-state index contributed by atoms with van der Waals surface area (Å²) >= 11 is 8.69. The first-order valence-corrected chi connectivity index (χ1v) is 10.1. The van der Waals surface area contributed by atoms with Gasteiger partial charge in [0.25, 0.3) is 0 Å². The normalized spacial score (nSPS) is 13.5. The average molecular weight is 468 g/mol. The molecule has 0 saturated heterocycles. The van der Waals surface area contributed by atoms with Crippen LogP contribution in [0.5, 0.6) is 5.75 Å². The molecule has 0 amide bonds. The number of rotatable bonds is 4. The molecule has 0 saturated carbocycles. The number of hydrogen-bond donors (Lipinski definition) is 0. The van der Waals surface area contributed by atoms with E-state index in [2.05, 4.69) is 42.9 Å². The monoisotopic (exact) mass is 466 g/mol. The SMILES string of the molecule is CC(C)Oc1c(Br)cc(Br)cc1C=Nc1sc2c(c1C#N)CCC2. The average Bonchev–Trinajstić information content (AvgIpc) is 3.08. The van der Waals surface area contributed by atoms with E-state index in [-0.39, 0.29) is 6.10 Å². The van der Waals surface area contributed by atoms with Gasteiger partial charge in [0, 0.05) is 21.1 Å². The summed E-state index contributed by atoms with van der Waals surface area (Å²) < 4.78 is 7.74. The summed E-state index contributed by atoms with van der Waals surface area (Å²) in [6.07, 6.45) is 5.05. The van der Waals surface area contributed by atoms with Crippen molar-refractivity contribution in [1.82, 2.24) is 0 Å². The molecule has 24 heavy (non-hydrogen) atoms. The minimum atomic E-state index is 0.0647. The standard InChI is InChI=1S/C18H16Br2N2OS/c1-10(2)23-17-11(6-12(19)7-15(17)20)9-22-18-14(8-21)13-4-3-5-16(13)24-18/h6-7,9-10H,3-5H2,1-2H3. The topological polar surface area (TPSA) is 45.4 Å². The van der Waals surface area contributed by atoms with Crippen LogP contribution in [-0.4, -0.2) is 12.3 Å². The van der Waals surface area contributed by atoms with Crippen LogP contribution < -0.4 is 4.74 Å². The summed E-state index contributed by atoms with van der Waals surface area (Å²) in [6, 6.07) is 6.25. The lowest BCUT2D eigenvalue weighted by molar-refractivity contribution is 0.240. The van der Waals surface area contributed by atoms with Crippen LogP contribution in [0.25, 0.3) is 0 Å². The molecule has 0 aliphatic heterocycles. The van der Waals surface area contributed by atoms with Crippen molar-refractivity contribution in [2.24, 2.45) is 4.99 Å². The molecule has 0 atom stereocenters. The Morgan fingerprint density at radius 1 is 1.33 bits per heavy atom.